The summed E-state index contributed by atoms with van der Waals surface area (Å²) in [4.78, 5) is 4.51. The fraction of sp³-hybridized carbons (Fsp3) is 0.545. The molecule has 2 rings (SSSR count). The van der Waals surface area contributed by atoms with E-state index in [2.05, 4.69) is 25.5 Å². The van der Waals surface area contributed by atoms with Crippen molar-refractivity contribution in [2.45, 2.75) is 60.1 Å². The Morgan fingerprint density at radius 1 is 1.23 bits per heavy atom. The van der Waals surface area contributed by atoms with Crippen molar-refractivity contribution in [1.29, 1.82) is 0 Å². The topological polar surface area (TPSA) is 80.9 Å². The van der Waals surface area contributed by atoms with Crippen LogP contribution in [-0.2, 0) is 13.0 Å². The first-order valence-corrected chi connectivity index (χ1v) is 10.6. The number of ether oxygens (including phenoxy) is 2. The van der Waals surface area contributed by atoms with E-state index in [1.165, 1.54) is 6.07 Å². The summed E-state index contributed by atoms with van der Waals surface area (Å²) < 4.78 is 41.1. The fourth-order valence-electron chi connectivity index (χ4n) is 3.02. The van der Waals surface area contributed by atoms with Crippen molar-refractivity contribution in [2.24, 2.45) is 4.99 Å². The number of nitrogens with zero attached hydrogens (tertiary/aromatic N) is 2. The molecule has 0 atom stereocenters. The lowest BCUT2D eigenvalue weighted by Gasteiger charge is -2.14. The Morgan fingerprint density at radius 3 is 2.68 bits per heavy atom. The third-order valence-corrected chi connectivity index (χ3v) is 4.56. The van der Waals surface area contributed by atoms with E-state index >= 15 is 0 Å². The Balaban J connectivity index is 1.99. The van der Waals surface area contributed by atoms with Crippen LogP contribution in [0.4, 0.5) is 8.78 Å². The molecule has 0 bridgehead atoms. The van der Waals surface area contributed by atoms with Crippen LogP contribution < -0.4 is 20.1 Å². The molecule has 0 aliphatic carbocycles. The number of aliphatic imine (C=N–C) groups is 1. The van der Waals surface area contributed by atoms with Gasteiger partial charge in [-0.15, -0.1) is 0 Å². The second-order valence-corrected chi connectivity index (χ2v) is 7.02. The van der Waals surface area contributed by atoms with E-state index in [9.17, 15) is 8.78 Å². The molecule has 0 fully saturated rings. The number of hydrogen-bond donors (Lipinski definition) is 2. The minimum absolute atomic E-state index is 0.0709. The lowest BCUT2D eigenvalue weighted by Crippen LogP contribution is -2.37. The van der Waals surface area contributed by atoms with E-state index in [0.29, 0.717) is 37.0 Å². The zero-order valence-electron chi connectivity index (χ0n) is 18.6. The highest BCUT2D eigenvalue weighted by Crippen LogP contribution is 2.27. The van der Waals surface area contributed by atoms with Gasteiger partial charge in [-0.05, 0) is 52.2 Å². The number of benzene rings is 1. The first kappa shape index (κ1) is 24.4. The van der Waals surface area contributed by atoms with Gasteiger partial charge in [0.15, 0.2) is 5.96 Å². The third kappa shape index (κ3) is 8.07. The summed E-state index contributed by atoms with van der Waals surface area (Å²) in [5, 5.41) is 10.4. The zero-order chi connectivity index (χ0) is 22.6. The molecule has 0 spiro atoms. The molecule has 0 saturated heterocycles. The molecule has 7 nitrogen and oxygen atoms in total. The smallest absolute Gasteiger partial charge is 0.387 e. The van der Waals surface area contributed by atoms with E-state index in [0.717, 1.165) is 36.3 Å². The average molecular weight is 439 g/mol. The molecule has 0 aliphatic rings. The minimum atomic E-state index is -2.92. The van der Waals surface area contributed by atoms with Crippen LogP contribution >= 0.6 is 0 Å². The maximum atomic E-state index is 12.8. The number of halogens is 2. The molecule has 0 saturated carbocycles. The molecule has 172 valence electrons. The van der Waals surface area contributed by atoms with Crippen LogP contribution in [-0.4, -0.2) is 37.4 Å². The normalized spacial score (nSPS) is 11.6. The highest BCUT2D eigenvalue weighted by Gasteiger charge is 2.12. The molecule has 2 aromatic rings. The van der Waals surface area contributed by atoms with Crippen LogP contribution in [0.1, 0.15) is 49.3 Å². The van der Waals surface area contributed by atoms with Gasteiger partial charge in [0.1, 0.15) is 17.3 Å². The number of alkyl halides is 2. The lowest BCUT2D eigenvalue weighted by molar-refractivity contribution is -0.0505. The van der Waals surface area contributed by atoms with Gasteiger partial charge in [-0.25, -0.2) is 4.99 Å². The third-order valence-electron chi connectivity index (χ3n) is 4.56. The Kier molecular flexibility index (Phi) is 10.1. The van der Waals surface area contributed by atoms with Gasteiger partial charge in [-0.3, -0.25) is 0 Å². The number of guanidine groups is 1. The summed E-state index contributed by atoms with van der Waals surface area (Å²) in [6.07, 6.45) is 2.54. The molecule has 2 N–H and O–H groups in total. The number of aryl methyl sites for hydroxylation is 2. The van der Waals surface area contributed by atoms with Crippen LogP contribution in [0.3, 0.4) is 0 Å². The minimum Gasteiger partial charge on any atom is -0.493 e. The molecule has 31 heavy (non-hydrogen) atoms. The standard InChI is InChI=1S/C22H32F2N4O3/c1-5-12-29-18-10-9-17(20(13-18)30-21(23)24)14-27-22(25-6-2)26-11-7-8-19-15(3)28-31-16(19)4/h9-10,13,21H,5-8,11-12,14H2,1-4H3,(H2,25,26,27). The van der Waals surface area contributed by atoms with Crippen LogP contribution in [0.25, 0.3) is 0 Å². The predicted molar refractivity (Wildman–Crippen MR) is 116 cm³/mol. The quantitative estimate of drug-likeness (QED) is 0.291. The van der Waals surface area contributed by atoms with Crippen LogP contribution in [0.2, 0.25) is 0 Å². The molecule has 9 heteroatoms. The van der Waals surface area contributed by atoms with Gasteiger partial charge in [0, 0.05) is 30.3 Å². The van der Waals surface area contributed by atoms with Crippen LogP contribution in [0.15, 0.2) is 27.7 Å². The Hall–Kier alpha value is -2.84. The van der Waals surface area contributed by atoms with Gasteiger partial charge in [0.05, 0.1) is 18.8 Å². The molecule has 1 aromatic heterocycles. The maximum Gasteiger partial charge on any atom is 0.387 e. The second kappa shape index (κ2) is 12.8. The monoisotopic (exact) mass is 438 g/mol. The predicted octanol–water partition coefficient (Wildman–Crippen LogP) is 4.37. The second-order valence-electron chi connectivity index (χ2n) is 7.02. The summed E-state index contributed by atoms with van der Waals surface area (Å²) in [5.74, 6) is 2.02. The molecular weight excluding hydrogens is 406 g/mol. The van der Waals surface area contributed by atoms with Crippen LogP contribution in [0, 0.1) is 13.8 Å². The molecule has 0 amide bonds. The summed E-state index contributed by atoms with van der Waals surface area (Å²) >= 11 is 0. The first-order valence-electron chi connectivity index (χ1n) is 10.6. The van der Waals surface area contributed by atoms with Crippen molar-refractivity contribution in [2.75, 3.05) is 19.7 Å². The Morgan fingerprint density at radius 2 is 2.03 bits per heavy atom. The van der Waals surface area contributed by atoms with Crippen molar-refractivity contribution in [3.05, 3.63) is 40.8 Å². The zero-order valence-corrected chi connectivity index (χ0v) is 18.6. The van der Waals surface area contributed by atoms with Gasteiger partial charge < -0.3 is 24.6 Å². The number of aromatic nitrogens is 1. The average Bonchev–Trinajstić information content (AvgIpc) is 3.05. The van der Waals surface area contributed by atoms with Crippen molar-refractivity contribution in [1.82, 2.24) is 15.8 Å². The lowest BCUT2D eigenvalue weighted by atomic mass is 10.1. The van der Waals surface area contributed by atoms with E-state index in [1.54, 1.807) is 12.1 Å². The van der Waals surface area contributed by atoms with Crippen LogP contribution in [0.5, 0.6) is 11.5 Å². The molecule has 1 aromatic carbocycles. The number of rotatable bonds is 12. The number of nitrogens with one attached hydrogen (secondary N) is 2. The molecule has 0 aliphatic heterocycles. The van der Waals surface area contributed by atoms with Crippen molar-refractivity contribution in [3.63, 3.8) is 0 Å². The molecule has 1 heterocycles. The van der Waals surface area contributed by atoms with E-state index in [4.69, 9.17) is 9.26 Å². The first-order chi connectivity index (χ1) is 14.9. The maximum absolute atomic E-state index is 12.8. The molecule has 0 unspecified atom stereocenters. The van der Waals surface area contributed by atoms with Gasteiger partial charge in [-0.1, -0.05) is 12.1 Å². The number of hydrogen-bond acceptors (Lipinski definition) is 5. The summed E-state index contributed by atoms with van der Waals surface area (Å²) in [6.45, 7) is 6.94. The fourth-order valence-corrected chi connectivity index (χ4v) is 3.02. The van der Waals surface area contributed by atoms with E-state index < -0.39 is 6.61 Å². The summed E-state index contributed by atoms with van der Waals surface area (Å²) in [5.41, 5.74) is 2.59. The largest absolute Gasteiger partial charge is 0.493 e. The van der Waals surface area contributed by atoms with Gasteiger partial charge >= 0.3 is 6.61 Å². The van der Waals surface area contributed by atoms with Crippen molar-refractivity contribution in [3.8, 4) is 11.5 Å². The van der Waals surface area contributed by atoms with Gasteiger partial charge in [0.25, 0.3) is 0 Å². The Labute approximate surface area is 182 Å². The summed E-state index contributed by atoms with van der Waals surface area (Å²) in [7, 11) is 0. The SMILES string of the molecule is CCCOc1ccc(CN=C(NCC)NCCCc2c(C)noc2C)c(OC(F)F)c1. The van der Waals surface area contributed by atoms with Gasteiger partial charge in [-0.2, -0.15) is 8.78 Å². The highest BCUT2D eigenvalue weighted by molar-refractivity contribution is 5.79. The van der Waals surface area contributed by atoms with E-state index in [-0.39, 0.29) is 12.3 Å². The van der Waals surface area contributed by atoms with Gasteiger partial charge in [0.2, 0.25) is 0 Å². The van der Waals surface area contributed by atoms with Crippen molar-refractivity contribution >= 4 is 5.96 Å². The molecular formula is C22H32F2N4O3. The van der Waals surface area contributed by atoms with E-state index in [1.807, 2.05) is 27.7 Å². The Bertz CT molecular complexity index is 821. The van der Waals surface area contributed by atoms with Crippen molar-refractivity contribution < 1.29 is 22.8 Å². The summed E-state index contributed by atoms with van der Waals surface area (Å²) in [6, 6.07) is 4.92. The molecule has 0 radical (unpaired) electrons. The highest BCUT2D eigenvalue weighted by atomic mass is 19.3.